The number of hydrogen-bond donors (Lipinski definition) is 1. The molecule has 0 amide bonds. The normalized spacial score (nSPS) is 15.4. The molecule has 0 unspecified atom stereocenters. The molecule has 3 aromatic rings. The van der Waals surface area contributed by atoms with Crippen molar-refractivity contribution in [2.45, 2.75) is 25.7 Å². The van der Waals surface area contributed by atoms with Crippen LogP contribution in [0.25, 0.3) is 0 Å². The van der Waals surface area contributed by atoms with Gasteiger partial charge < -0.3 is 10.2 Å². The van der Waals surface area contributed by atoms with Crippen LogP contribution in [-0.4, -0.2) is 7.05 Å². The Morgan fingerprint density at radius 2 is 1.35 bits per heavy atom. The van der Waals surface area contributed by atoms with Crippen LogP contribution in [0.3, 0.4) is 0 Å². The van der Waals surface area contributed by atoms with Gasteiger partial charge in [-0.05, 0) is 46.5 Å². The average Bonchev–Trinajstić information content (AvgIpc) is 2.79. The summed E-state index contributed by atoms with van der Waals surface area (Å²) in [7, 11) is 2.14. The van der Waals surface area contributed by atoms with E-state index in [0.29, 0.717) is 0 Å². The van der Waals surface area contributed by atoms with Crippen LogP contribution in [0.1, 0.15) is 30.5 Å². The largest absolute Gasteiger partial charge is 0.355 e. The van der Waals surface area contributed by atoms with Crippen LogP contribution in [0.2, 0.25) is 0 Å². The Kier molecular flexibility index (Phi) is 5.56. The lowest BCUT2D eigenvalue weighted by Crippen LogP contribution is -2.27. The summed E-state index contributed by atoms with van der Waals surface area (Å²) in [6.07, 6.45) is 4.82. The third-order valence-electron chi connectivity index (χ3n) is 6.33. The zero-order valence-electron chi connectivity index (χ0n) is 18.7. The molecule has 0 saturated heterocycles. The van der Waals surface area contributed by atoms with Crippen LogP contribution >= 0.6 is 0 Å². The number of nitrogens with one attached hydrogen (secondary N) is 1. The van der Waals surface area contributed by atoms with Crippen LogP contribution in [0.5, 0.6) is 0 Å². The monoisotopic (exact) mass is 406 g/mol. The molecule has 1 N–H and O–H groups in total. The summed E-state index contributed by atoms with van der Waals surface area (Å²) >= 11 is 0. The molecule has 2 nitrogen and oxygen atoms in total. The van der Waals surface area contributed by atoms with Crippen molar-refractivity contribution >= 4 is 17.1 Å². The number of hydrogen-bond acceptors (Lipinski definition) is 2. The van der Waals surface area contributed by atoms with E-state index in [4.69, 9.17) is 0 Å². The first kappa shape index (κ1) is 20.7. The van der Waals surface area contributed by atoms with Gasteiger partial charge >= 0.3 is 0 Å². The van der Waals surface area contributed by atoms with E-state index < -0.39 is 0 Å². The number of rotatable bonds is 2. The molecule has 0 aliphatic carbocycles. The molecule has 0 aromatic heterocycles. The highest BCUT2D eigenvalue weighted by Gasteiger charge is 2.31. The maximum Gasteiger partial charge on any atom is 0.0444 e. The lowest BCUT2D eigenvalue weighted by Gasteiger charge is -2.35. The van der Waals surface area contributed by atoms with Gasteiger partial charge in [-0.3, -0.25) is 0 Å². The van der Waals surface area contributed by atoms with Crippen LogP contribution in [-0.2, 0) is 11.8 Å². The van der Waals surface area contributed by atoms with E-state index in [2.05, 4.69) is 111 Å². The van der Waals surface area contributed by atoms with Gasteiger partial charge in [0.1, 0.15) is 0 Å². The summed E-state index contributed by atoms with van der Waals surface area (Å²) in [5.41, 5.74) is 10.2. The fourth-order valence-corrected chi connectivity index (χ4v) is 4.67. The van der Waals surface area contributed by atoms with Crippen LogP contribution in [0.15, 0.2) is 109 Å². The van der Waals surface area contributed by atoms with Crippen molar-refractivity contribution in [3.63, 3.8) is 0 Å². The zero-order chi connectivity index (χ0) is 22.0. The second kappa shape index (κ2) is 8.31. The van der Waals surface area contributed by atoms with E-state index >= 15 is 0 Å². The zero-order valence-corrected chi connectivity index (χ0v) is 18.7. The number of anilines is 3. The Bertz CT molecular complexity index is 1120. The molecule has 0 bridgehead atoms. The molecule has 0 atom stereocenters. The van der Waals surface area contributed by atoms with Gasteiger partial charge in [0, 0.05) is 41.6 Å². The van der Waals surface area contributed by atoms with Crippen LogP contribution in [0, 0.1) is 0 Å². The summed E-state index contributed by atoms with van der Waals surface area (Å²) in [6, 6.07) is 25.6. The van der Waals surface area contributed by atoms with Gasteiger partial charge in [0.05, 0.1) is 0 Å². The second-order valence-electron chi connectivity index (χ2n) is 8.52. The van der Waals surface area contributed by atoms with E-state index in [1.807, 2.05) is 18.2 Å². The summed E-state index contributed by atoms with van der Waals surface area (Å²) in [4.78, 5) is 2.27. The lowest BCUT2D eigenvalue weighted by atomic mass is 9.74. The van der Waals surface area contributed by atoms with Crippen molar-refractivity contribution < 1.29 is 0 Å². The molecular formula is C29H30N2. The average molecular weight is 407 g/mol. The molecule has 2 aliphatic heterocycles. The van der Waals surface area contributed by atoms with Crippen molar-refractivity contribution in [3.8, 4) is 0 Å². The Labute approximate surface area is 186 Å². The van der Waals surface area contributed by atoms with Gasteiger partial charge in [-0.2, -0.15) is 0 Å². The number of para-hydroxylation sites is 3. The molecular weight excluding hydrogens is 376 g/mol. The number of allylic oxidation sites excluding steroid dienone is 3. The lowest BCUT2D eigenvalue weighted by molar-refractivity contribution is 0.629. The SMILES string of the molecule is C=CC1=C(C=C)C(C)(C)c2ccccc2N1.CN1c2ccccc2Cc2ccccc21. The first-order valence-electron chi connectivity index (χ1n) is 10.7. The van der Waals surface area contributed by atoms with Gasteiger partial charge in [0.15, 0.2) is 0 Å². The number of benzene rings is 3. The van der Waals surface area contributed by atoms with E-state index in [1.165, 1.54) is 33.6 Å². The molecule has 0 radical (unpaired) electrons. The maximum absolute atomic E-state index is 3.91. The fraction of sp³-hybridized carbons (Fsp3) is 0.172. The van der Waals surface area contributed by atoms with E-state index in [1.54, 1.807) is 0 Å². The topological polar surface area (TPSA) is 15.3 Å². The molecule has 156 valence electrons. The molecule has 2 aliphatic rings. The van der Waals surface area contributed by atoms with E-state index in [-0.39, 0.29) is 5.41 Å². The van der Waals surface area contributed by atoms with Crippen molar-refractivity contribution in [2.24, 2.45) is 0 Å². The molecule has 3 aromatic carbocycles. The number of fused-ring (bicyclic) bond motifs is 3. The van der Waals surface area contributed by atoms with E-state index in [9.17, 15) is 0 Å². The first-order chi connectivity index (χ1) is 15.0. The van der Waals surface area contributed by atoms with Crippen molar-refractivity contribution in [1.29, 1.82) is 0 Å². The van der Waals surface area contributed by atoms with Gasteiger partial charge in [-0.25, -0.2) is 0 Å². The maximum atomic E-state index is 3.91. The minimum absolute atomic E-state index is 0.0207. The Morgan fingerprint density at radius 1 is 0.806 bits per heavy atom. The molecule has 0 spiro atoms. The summed E-state index contributed by atoms with van der Waals surface area (Å²) in [5.74, 6) is 0. The molecule has 2 heteroatoms. The molecule has 0 fully saturated rings. The van der Waals surface area contributed by atoms with Crippen molar-refractivity contribution in [3.05, 3.63) is 126 Å². The Morgan fingerprint density at radius 3 is 1.94 bits per heavy atom. The van der Waals surface area contributed by atoms with Gasteiger partial charge in [0.2, 0.25) is 0 Å². The quantitative estimate of drug-likeness (QED) is 0.478. The minimum atomic E-state index is -0.0207. The highest BCUT2D eigenvalue weighted by atomic mass is 15.1. The molecule has 31 heavy (non-hydrogen) atoms. The Balaban J connectivity index is 0.000000149. The van der Waals surface area contributed by atoms with Gasteiger partial charge in [0.25, 0.3) is 0 Å². The highest BCUT2D eigenvalue weighted by Crippen LogP contribution is 2.42. The fourth-order valence-electron chi connectivity index (χ4n) is 4.67. The van der Waals surface area contributed by atoms with Gasteiger partial charge in [-0.15, -0.1) is 0 Å². The molecule has 5 rings (SSSR count). The first-order valence-corrected chi connectivity index (χ1v) is 10.7. The summed E-state index contributed by atoms with van der Waals surface area (Å²) in [5, 5.41) is 3.39. The second-order valence-corrected chi connectivity index (χ2v) is 8.52. The predicted octanol–water partition coefficient (Wildman–Crippen LogP) is 7.37. The standard InChI is InChI=1S/C15H17N.C14H13N/c1-5-11-13(6-2)16-14-10-8-7-9-12(14)15(11,3)4;1-15-13-8-4-2-6-11(13)10-12-7-3-5-9-14(12)15/h5-10,16H,1-2H2,3-4H3;2-9H,10H2,1H3. The smallest absolute Gasteiger partial charge is 0.0444 e. The van der Waals surface area contributed by atoms with Crippen molar-refractivity contribution in [2.75, 3.05) is 17.3 Å². The highest BCUT2D eigenvalue weighted by molar-refractivity contribution is 5.73. The van der Waals surface area contributed by atoms with E-state index in [0.717, 1.165) is 17.8 Å². The third kappa shape index (κ3) is 3.70. The predicted molar refractivity (Wildman–Crippen MR) is 134 cm³/mol. The molecule has 0 saturated carbocycles. The van der Waals surface area contributed by atoms with Gasteiger partial charge in [-0.1, -0.05) is 87.7 Å². The summed E-state index contributed by atoms with van der Waals surface area (Å²) < 4.78 is 0. The summed E-state index contributed by atoms with van der Waals surface area (Å²) in [6.45, 7) is 12.2. The minimum Gasteiger partial charge on any atom is -0.355 e. The Hall–Kier alpha value is -3.52. The van der Waals surface area contributed by atoms with Crippen molar-refractivity contribution in [1.82, 2.24) is 0 Å². The van der Waals surface area contributed by atoms with Crippen LogP contribution < -0.4 is 10.2 Å². The van der Waals surface area contributed by atoms with Crippen LogP contribution in [0.4, 0.5) is 17.1 Å². The third-order valence-corrected chi connectivity index (χ3v) is 6.33. The number of nitrogens with zero attached hydrogens (tertiary/aromatic N) is 1. The molecule has 2 heterocycles.